The molecule has 2 aromatic rings. The predicted molar refractivity (Wildman–Crippen MR) is 69.6 cm³/mol. The van der Waals surface area contributed by atoms with E-state index < -0.39 is 0 Å². The normalized spacial score (nSPS) is 10.5. The molecule has 0 spiro atoms. The molecule has 2 nitrogen and oxygen atoms in total. The van der Waals surface area contributed by atoms with Crippen LogP contribution in [0.4, 0.5) is 10.2 Å². The molecule has 17 heavy (non-hydrogen) atoms. The monoisotopic (exact) mass is 268 g/mol. The fraction of sp³-hybridized carbons (Fsp3) is 0.0833. The molecule has 2 N–H and O–H groups in total. The SMILES string of the molecule is Nc1ccc(Cl)c(CSc2ccc(F)cc2)n1. The third-order valence-electron chi connectivity index (χ3n) is 2.13. The van der Waals surface area contributed by atoms with E-state index in [1.165, 1.54) is 23.9 Å². The molecule has 0 amide bonds. The summed E-state index contributed by atoms with van der Waals surface area (Å²) in [7, 11) is 0. The summed E-state index contributed by atoms with van der Waals surface area (Å²) in [6, 6.07) is 9.69. The van der Waals surface area contributed by atoms with Gasteiger partial charge in [-0.15, -0.1) is 11.8 Å². The van der Waals surface area contributed by atoms with E-state index in [0.29, 0.717) is 16.6 Å². The van der Waals surface area contributed by atoms with Crippen molar-refractivity contribution in [2.45, 2.75) is 10.6 Å². The van der Waals surface area contributed by atoms with Gasteiger partial charge in [-0.25, -0.2) is 9.37 Å². The van der Waals surface area contributed by atoms with Crippen LogP contribution >= 0.6 is 23.4 Å². The lowest BCUT2D eigenvalue weighted by molar-refractivity contribution is 0.626. The van der Waals surface area contributed by atoms with Crippen molar-refractivity contribution in [2.24, 2.45) is 0 Å². The van der Waals surface area contributed by atoms with Crippen LogP contribution in [-0.4, -0.2) is 4.98 Å². The maximum atomic E-state index is 12.7. The highest BCUT2D eigenvalue weighted by Gasteiger charge is 2.04. The molecule has 88 valence electrons. The van der Waals surface area contributed by atoms with Gasteiger partial charge in [-0.2, -0.15) is 0 Å². The van der Waals surface area contributed by atoms with Crippen molar-refractivity contribution >= 4 is 29.2 Å². The van der Waals surface area contributed by atoms with Gasteiger partial charge in [0.05, 0.1) is 10.7 Å². The molecule has 0 aliphatic carbocycles. The number of hydrogen-bond acceptors (Lipinski definition) is 3. The number of nitrogens with two attached hydrogens (primary N) is 1. The molecule has 2 rings (SSSR count). The maximum absolute atomic E-state index is 12.7. The molecule has 5 heteroatoms. The molecule has 0 atom stereocenters. The number of halogens is 2. The fourth-order valence-electron chi connectivity index (χ4n) is 1.28. The smallest absolute Gasteiger partial charge is 0.123 e. The van der Waals surface area contributed by atoms with E-state index in [0.717, 1.165) is 10.6 Å². The number of thioether (sulfide) groups is 1. The van der Waals surface area contributed by atoms with Gasteiger partial charge in [-0.3, -0.25) is 0 Å². The number of benzene rings is 1. The van der Waals surface area contributed by atoms with E-state index in [9.17, 15) is 4.39 Å². The van der Waals surface area contributed by atoms with Gasteiger partial charge in [0.2, 0.25) is 0 Å². The molecular formula is C12H10ClFN2S. The van der Waals surface area contributed by atoms with Crippen molar-refractivity contribution in [1.29, 1.82) is 0 Å². The van der Waals surface area contributed by atoms with Crippen LogP contribution in [-0.2, 0) is 5.75 Å². The summed E-state index contributed by atoms with van der Waals surface area (Å²) in [5.41, 5.74) is 6.32. The summed E-state index contributed by atoms with van der Waals surface area (Å²) < 4.78 is 12.7. The van der Waals surface area contributed by atoms with E-state index in [-0.39, 0.29) is 5.82 Å². The quantitative estimate of drug-likeness (QED) is 0.862. The van der Waals surface area contributed by atoms with Crippen LogP contribution in [0.25, 0.3) is 0 Å². The Morgan fingerprint density at radius 1 is 1.18 bits per heavy atom. The Morgan fingerprint density at radius 2 is 1.88 bits per heavy atom. The average Bonchev–Trinajstić information content (AvgIpc) is 2.32. The Hall–Kier alpha value is -1.26. The van der Waals surface area contributed by atoms with Gasteiger partial charge < -0.3 is 5.73 Å². The molecule has 0 saturated carbocycles. The number of hydrogen-bond donors (Lipinski definition) is 1. The van der Waals surface area contributed by atoms with E-state index in [4.69, 9.17) is 17.3 Å². The van der Waals surface area contributed by atoms with Gasteiger partial charge in [0.1, 0.15) is 11.6 Å². The van der Waals surface area contributed by atoms with Gasteiger partial charge >= 0.3 is 0 Å². The number of nitrogen functional groups attached to an aromatic ring is 1. The first-order valence-corrected chi connectivity index (χ1v) is 6.31. The van der Waals surface area contributed by atoms with E-state index in [1.54, 1.807) is 24.3 Å². The Labute approximate surface area is 108 Å². The van der Waals surface area contributed by atoms with Crippen molar-refractivity contribution < 1.29 is 4.39 Å². The summed E-state index contributed by atoms with van der Waals surface area (Å²) in [6.45, 7) is 0. The highest BCUT2D eigenvalue weighted by atomic mass is 35.5. The zero-order valence-corrected chi connectivity index (χ0v) is 10.4. The highest BCUT2D eigenvalue weighted by Crippen LogP contribution is 2.26. The minimum absolute atomic E-state index is 0.241. The van der Waals surface area contributed by atoms with E-state index in [1.807, 2.05) is 0 Å². The molecule has 0 unspecified atom stereocenters. The summed E-state index contributed by atoms with van der Waals surface area (Å²) in [5.74, 6) is 0.814. The van der Waals surface area contributed by atoms with Gasteiger partial charge in [-0.1, -0.05) is 11.6 Å². The van der Waals surface area contributed by atoms with Crippen LogP contribution in [0, 0.1) is 5.82 Å². The van der Waals surface area contributed by atoms with Crippen LogP contribution in [0.5, 0.6) is 0 Å². The van der Waals surface area contributed by atoms with Crippen LogP contribution in [0.3, 0.4) is 0 Å². The molecule has 0 aliphatic heterocycles. The van der Waals surface area contributed by atoms with Crippen LogP contribution in [0.15, 0.2) is 41.3 Å². The lowest BCUT2D eigenvalue weighted by atomic mass is 10.3. The maximum Gasteiger partial charge on any atom is 0.123 e. The highest BCUT2D eigenvalue weighted by molar-refractivity contribution is 7.98. The fourth-order valence-corrected chi connectivity index (χ4v) is 2.39. The first-order valence-electron chi connectivity index (χ1n) is 4.94. The predicted octanol–water partition coefficient (Wildman–Crippen LogP) is 3.75. The third-order valence-corrected chi connectivity index (χ3v) is 3.50. The number of pyridine rings is 1. The summed E-state index contributed by atoms with van der Waals surface area (Å²) >= 11 is 7.53. The topological polar surface area (TPSA) is 38.9 Å². The summed E-state index contributed by atoms with van der Waals surface area (Å²) in [5, 5.41) is 0.591. The second-order valence-corrected chi connectivity index (χ2v) is 4.86. The van der Waals surface area contributed by atoms with Crippen LogP contribution < -0.4 is 5.73 Å². The molecular weight excluding hydrogens is 259 g/mol. The molecule has 0 bridgehead atoms. The van der Waals surface area contributed by atoms with Crippen molar-refractivity contribution in [1.82, 2.24) is 4.98 Å². The first kappa shape index (κ1) is 12.2. The molecule has 1 aromatic carbocycles. The summed E-state index contributed by atoms with van der Waals surface area (Å²) in [4.78, 5) is 5.12. The molecule has 0 aliphatic rings. The van der Waals surface area contributed by atoms with Gasteiger partial charge in [0, 0.05) is 10.6 Å². The molecule has 0 saturated heterocycles. The van der Waals surface area contributed by atoms with Crippen molar-refractivity contribution in [2.75, 3.05) is 5.73 Å². The minimum atomic E-state index is -0.241. The van der Waals surface area contributed by atoms with E-state index in [2.05, 4.69) is 4.98 Å². The van der Waals surface area contributed by atoms with Crippen molar-refractivity contribution in [3.63, 3.8) is 0 Å². The van der Waals surface area contributed by atoms with Gasteiger partial charge in [0.25, 0.3) is 0 Å². The first-order chi connectivity index (χ1) is 8.15. The Balaban J connectivity index is 2.07. The lowest BCUT2D eigenvalue weighted by Gasteiger charge is -2.04. The largest absolute Gasteiger partial charge is 0.384 e. The van der Waals surface area contributed by atoms with Gasteiger partial charge in [-0.05, 0) is 36.4 Å². The molecule has 0 fully saturated rings. The van der Waals surface area contributed by atoms with E-state index >= 15 is 0 Å². The standard InChI is InChI=1S/C12H10ClFN2S/c13-10-5-6-12(15)16-11(10)7-17-9-3-1-8(14)2-4-9/h1-6H,7H2,(H2,15,16). The second-order valence-electron chi connectivity index (χ2n) is 3.41. The Morgan fingerprint density at radius 3 is 2.59 bits per heavy atom. The molecule has 1 aromatic heterocycles. The van der Waals surface area contributed by atoms with Gasteiger partial charge in [0.15, 0.2) is 0 Å². The Bertz CT molecular complexity index is 516. The number of nitrogens with zero attached hydrogens (tertiary/aromatic N) is 1. The second kappa shape index (κ2) is 5.38. The minimum Gasteiger partial charge on any atom is -0.384 e. The van der Waals surface area contributed by atoms with Crippen molar-refractivity contribution in [3.8, 4) is 0 Å². The Kier molecular flexibility index (Phi) is 3.86. The number of aromatic nitrogens is 1. The lowest BCUT2D eigenvalue weighted by Crippen LogP contribution is -1.95. The van der Waals surface area contributed by atoms with Crippen LogP contribution in [0.1, 0.15) is 5.69 Å². The number of rotatable bonds is 3. The zero-order valence-electron chi connectivity index (χ0n) is 8.86. The zero-order chi connectivity index (χ0) is 12.3. The number of anilines is 1. The average molecular weight is 269 g/mol. The molecule has 1 heterocycles. The third kappa shape index (κ3) is 3.35. The molecule has 0 radical (unpaired) electrons. The van der Waals surface area contributed by atoms with Crippen molar-refractivity contribution in [3.05, 3.63) is 52.9 Å². The van der Waals surface area contributed by atoms with Crippen LogP contribution in [0.2, 0.25) is 5.02 Å². The summed E-state index contributed by atoms with van der Waals surface area (Å²) in [6.07, 6.45) is 0.